The second-order valence-electron chi connectivity index (χ2n) is 11.4. The molecule has 3 atom stereocenters. The van der Waals surface area contributed by atoms with E-state index in [2.05, 4.69) is 20.6 Å². The maximum absolute atomic E-state index is 13.9. The lowest BCUT2D eigenvalue weighted by atomic mass is 9.99. The second-order valence-corrected chi connectivity index (χ2v) is 12.4. The highest BCUT2D eigenvalue weighted by molar-refractivity contribution is 7.09. The lowest BCUT2D eigenvalue weighted by molar-refractivity contribution is 0.0784. The van der Waals surface area contributed by atoms with E-state index in [9.17, 15) is 14.7 Å². The molecule has 0 aliphatic rings. The number of hydrogen-bond donors (Lipinski definition) is 3. The fraction of sp³-hybridized carbons (Fsp3) is 0.278. The summed E-state index contributed by atoms with van der Waals surface area (Å²) in [6, 6.07) is 21.5. The number of aromatic nitrogens is 2. The molecule has 0 fully saturated rings. The number of aryl methyl sites for hydroxylation is 1. The van der Waals surface area contributed by atoms with Crippen LogP contribution in [-0.2, 0) is 13.0 Å². The van der Waals surface area contributed by atoms with Gasteiger partial charge < -0.3 is 29.8 Å². The number of nitrogens with one attached hydrogen (secondary N) is 2. The van der Waals surface area contributed by atoms with Crippen LogP contribution in [0.1, 0.15) is 55.5 Å². The number of aliphatic hydroxyl groups is 1. The molecule has 0 saturated carbocycles. The largest absolute Gasteiger partial charge is 0.497 e. The van der Waals surface area contributed by atoms with Crippen LogP contribution in [0.2, 0.25) is 0 Å². The molecule has 3 aromatic carbocycles. The number of amides is 2. The highest BCUT2D eigenvalue weighted by Gasteiger charge is 2.25. The minimum atomic E-state index is -0.934. The predicted molar refractivity (Wildman–Crippen MR) is 181 cm³/mol. The van der Waals surface area contributed by atoms with Crippen LogP contribution in [0, 0.1) is 6.92 Å². The molecule has 0 spiro atoms. The molecule has 0 aliphatic carbocycles. The van der Waals surface area contributed by atoms with Crippen molar-refractivity contribution in [3.8, 4) is 17.2 Å². The van der Waals surface area contributed by atoms with Crippen molar-refractivity contribution in [1.82, 2.24) is 25.5 Å². The van der Waals surface area contributed by atoms with Gasteiger partial charge in [0.05, 0.1) is 32.0 Å². The molecule has 47 heavy (non-hydrogen) atoms. The second kappa shape index (κ2) is 15.6. The number of thiazole rings is 1. The number of ether oxygens (including phenoxy) is 1. The lowest BCUT2D eigenvalue weighted by Crippen LogP contribution is -2.49. The smallest absolute Gasteiger partial charge is 0.254 e. The maximum atomic E-state index is 13.9. The van der Waals surface area contributed by atoms with Crippen LogP contribution in [0.5, 0.6) is 5.75 Å². The van der Waals surface area contributed by atoms with Gasteiger partial charge >= 0.3 is 0 Å². The fourth-order valence-corrected chi connectivity index (χ4v) is 6.04. The van der Waals surface area contributed by atoms with Crippen molar-refractivity contribution in [2.45, 2.75) is 45.0 Å². The molecule has 244 valence electrons. The highest BCUT2D eigenvalue weighted by Crippen LogP contribution is 2.24. The summed E-state index contributed by atoms with van der Waals surface area (Å²) < 4.78 is 10.9. The Bertz CT molecular complexity index is 1780. The van der Waals surface area contributed by atoms with Crippen LogP contribution in [0.15, 0.2) is 95.1 Å². The molecule has 5 rings (SSSR count). The zero-order valence-corrected chi connectivity index (χ0v) is 27.7. The fourth-order valence-electron chi connectivity index (χ4n) is 5.21. The summed E-state index contributed by atoms with van der Waals surface area (Å²) in [5.74, 6) is 0.312. The third-order valence-corrected chi connectivity index (χ3v) is 8.76. The first kappa shape index (κ1) is 33.5. The van der Waals surface area contributed by atoms with E-state index in [-0.39, 0.29) is 29.9 Å². The Hall–Kier alpha value is -4.84. The maximum Gasteiger partial charge on any atom is 0.254 e. The first-order chi connectivity index (χ1) is 22.7. The Labute approximate surface area is 278 Å². The average molecular weight is 654 g/mol. The molecule has 0 aliphatic heterocycles. The predicted octanol–water partition coefficient (Wildman–Crippen LogP) is 5.44. The van der Waals surface area contributed by atoms with Gasteiger partial charge in [-0.25, -0.2) is 9.97 Å². The van der Waals surface area contributed by atoms with Gasteiger partial charge in [0.15, 0.2) is 0 Å². The van der Waals surface area contributed by atoms with Gasteiger partial charge in [0.25, 0.3) is 11.8 Å². The number of benzene rings is 3. The van der Waals surface area contributed by atoms with Crippen molar-refractivity contribution >= 4 is 23.2 Å². The van der Waals surface area contributed by atoms with Crippen LogP contribution in [0.4, 0.5) is 0 Å². The van der Waals surface area contributed by atoms with E-state index >= 15 is 0 Å². The van der Waals surface area contributed by atoms with E-state index in [1.807, 2.05) is 73.8 Å². The van der Waals surface area contributed by atoms with Crippen molar-refractivity contribution < 1.29 is 23.8 Å². The summed E-state index contributed by atoms with van der Waals surface area (Å²) in [5, 5.41) is 20.6. The van der Waals surface area contributed by atoms with Crippen LogP contribution >= 0.6 is 11.3 Å². The summed E-state index contributed by atoms with van der Waals surface area (Å²) in [7, 11) is 3.32. The van der Waals surface area contributed by atoms with E-state index in [1.165, 1.54) is 23.8 Å². The van der Waals surface area contributed by atoms with Gasteiger partial charge in [-0.1, -0.05) is 42.5 Å². The van der Waals surface area contributed by atoms with Crippen molar-refractivity contribution in [1.29, 1.82) is 0 Å². The summed E-state index contributed by atoms with van der Waals surface area (Å²) in [6.07, 6.45) is 2.40. The minimum Gasteiger partial charge on any atom is -0.497 e. The Balaban J connectivity index is 1.37. The summed E-state index contributed by atoms with van der Waals surface area (Å²) in [4.78, 5) is 37.8. The van der Waals surface area contributed by atoms with Crippen LogP contribution in [0.3, 0.4) is 0 Å². The topological polar surface area (TPSA) is 130 Å². The van der Waals surface area contributed by atoms with Crippen molar-refractivity contribution in [2.75, 3.05) is 20.7 Å². The van der Waals surface area contributed by atoms with Crippen LogP contribution in [0.25, 0.3) is 11.5 Å². The Morgan fingerprint density at radius 3 is 2.55 bits per heavy atom. The number of rotatable bonds is 14. The number of methoxy groups -OCH3 is 1. The minimum absolute atomic E-state index is 0.0795. The Morgan fingerprint density at radius 2 is 1.85 bits per heavy atom. The van der Waals surface area contributed by atoms with Gasteiger partial charge in [0, 0.05) is 47.4 Å². The SMILES string of the molecule is COc1cccc([C@@H](C)NC[C@@H](O)[C@H](Cc2ccccc2)NC(=O)c2cc(C(=O)N(C)Cc3nc(C)cs3)cc(-c3ncco3)c2)c1. The van der Waals surface area contributed by atoms with Gasteiger partial charge in [-0.05, 0) is 61.7 Å². The monoisotopic (exact) mass is 653 g/mol. The molecular weight excluding hydrogens is 614 g/mol. The Kier molecular flexibility index (Phi) is 11.2. The third-order valence-electron chi connectivity index (χ3n) is 7.81. The standard InChI is InChI=1S/C36H39N5O5S/c1-23-22-47-33(39-23)21-41(3)36(44)29-17-27(16-28(18-29)35-37-13-14-46-35)34(43)40-31(15-25-9-6-5-7-10-25)32(42)20-38-24(2)26-11-8-12-30(19-26)45-4/h5-14,16-19,22,24,31-32,38,42H,15,20-21H2,1-4H3,(H,40,43)/t24-,31+,32-/m1/s1. The van der Waals surface area contributed by atoms with E-state index in [0.717, 1.165) is 27.6 Å². The number of hydrogen-bond acceptors (Lipinski definition) is 9. The molecule has 2 aromatic heterocycles. The molecule has 11 heteroatoms. The molecule has 2 amide bonds. The van der Waals surface area contributed by atoms with Crippen molar-refractivity contribution in [3.05, 3.63) is 124 Å². The summed E-state index contributed by atoms with van der Waals surface area (Å²) in [6.45, 7) is 4.46. The average Bonchev–Trinajstić information content (AvgIpc) is 3.78. The first-order valence-corrected chi connectivity index (χ1v) is 16.2. The van der Waals surface area contributed by atoms with Gasteiger partial charge in [-0.3, -0.25) is 9.59 Å². The molecule has 5 aromatic rings. The Morgan fingerprint density at radius 1 is 1.06 bits per heavy atom. The van der Waals surface area contributed by atoms with Crippen molar-refractivity contribution in [3.63, 3.8) is 0 Å². The number of carbonyl (C=O) groups excluding carboxylic acids is 2. The van der Waals surface area contributed by atoms with Gasteiger partial charge in [-0.2, -0.15) is 0 Å². The van der Waals surface area contributed by atoms with Gasteiger partial charge in [0.2, 0.25) is 5.89 Å². The van der Waals surface area contributed by atoms with E-state index < -0.39 is 18.1 Å². The molecule has 10 nitrogen and oxygen atoms in total. The highest BCUT2D eigenvalue weighted by atomic mass is 32.1. The summed E-state index contributed by atoms with van der Waals surface area (Å²) in [5.41, 5.74) is 3.89. The summed E-state index contributed by atoms with van der Waals surface area (Å²) >= 11 is 1.49. The number of carbonyl (C=O) groups is 2. The normalized spacial score (nSPS) is 13.0. The van der Waals surface area contributed by atoms with Gasteiger partial charge in [-0.15, -0.1) is 11.3 Å². The lowest BCUT2D eigenvalue weighted by Gasteiger charge is -2.26. The van der Waals surface area contributed by atoms with E-state index in [4.69, 9.17) is 9.15 Å². The molecule has 2 heterocycles. The molecule has 0 saturated heterocycles. The number of aliphatic hydroxyl groups excluding tert-OH is 1. The van der Waals surface area contributed by atoms with Crippen molar-refractivity contribution in [2.24, 2.45) is 0 Å². The first-order valence-electron chi connectivity index (χ1n) is 15.3. The van der Waals surface area contributed by atoms with Crippen LogP contribution in [-0.4, -0.2) is 64.6 Å². The quantitative estimate of drug-likeness (QED) is 0.145. The van der Waals surface area contributed by atoms with E-state index in [0.29, 0.717) is 24.1 Å². The van der Waals surface area contributed by atoms with Gasteiger partial charge in [0.1, 0.15) is 17.0 Å². The molecule has 0 bridgehead atoms. The molecule has 3 N–H and O–H groups in total. The molecule has 0 unspecified atom stereocenters. The molecular formula is C36H39N5O5S. The van der Waals surface area contributed by atoms with Crippen LogP contribution < -0.4 is 15.4 Å². The third kappa shape index (κ3) is 8.91. The zero-order valence-electron chi connectivity index (χ0n) is 26.8. The zero-order chi connectivity index (χ0) is 33.3. The molecule has 0 radical (unpaired) electrons. The van der Waals surface area contributed by atoms with E-state index in [1.54, 1.807) is 37.3 Å². The number of oxazole rings is 1. The number of nitrogens with zero attached hydrogens (tertiary/aromatic N) is 3.